The molecule has 0 saturated heterocycles. The van der Waals surface area contributed by atoms with Gasteiger partial charge in [0, 0.05) is 25.0 Å². The van der Waals surface area contributed by atoms with E-state index in [1.54, 1.807) is 0 Å². The van der Waals surface area contributed by atoms with E-state index in [2.05, 4.69) is 44.8 Å². The number of carbonyl (C=O) groups excluding carboxylic acids is 1. The van der Waals surface area contributed by atoms with E-state index in [4.69, 9.17) is 0 Å². The molecule has 0 aromatic rings. The second-order valence-electron chi connectivity index (χ2n) is 13.0. The van der Waals surface area contributed by atoms with Gasteiger partial charge in [0.15, 0.2) is 0 Å². The fraction of sp³-hybridized carbons (Fsp3) is 0.971. The molecule has 0 radical (unpaired) electrons. The highest BCUT2D eigenvalue weighted by molar-refractivity contribution is 5.77. The van der Waals surface area contributed by atoms with Crippen LogP contribution < -0.4 is 5.32 Å². The summed E-state index contributed by atoms with van der Waals surface area (Å²) in [4.78, 5) is 15.1. The summed E-state index contributed by atoms with van der Waals surface area (Å²) in [5.74, 6) is 0.322. The summed E-state index contributed by atoms with van der Waals surface area (Å²) in [5, 5.41) is 3.53. The first kappa shape index (κ1) is 37.4. The molecule has 0 heterocycles. The van der Waals surface area contributed by atoms with Gasteiger partial charge in [0.05, 0.1) is 0 Å². The topological polar surface area (TPSA) is 32.3 Å². The van der Waals surface area contributed by atoms with Gasteiger partial charge >= 0.3 is 0 Å². The van der Waals surface area contributed by atoms with Crippen LogP contribution in [0.2, 0.25) is 0 Å². The number of amides is 1. The van der Waals surface area contributed by atoms with Crippen molar-refractivity contribution < 1.29 is 4.79 Å². The van der Waals surface area contributed by atoms with Gasteiger partial charge in [-0.3, -0.25) is 4.79 Å². The fourth-order valence-electron chi connectivity index (χ4n) is 5.49. The van der Waals surface area contributed by atoms with Gasteiger partial charge in [-0.2, -0.15) is 0 Å². The quantitative estimate of drug-likeness (QED) is 0.0964. The van der Waals surface area contributed by atoms with Gasteiger partial charge < -0.3 is 10.2 Å². The highest BCUT2D eigenvalue weighted by Gasteiger charge is 2.25. The molecule has 0 atom stereocenters. The summed E-state index contributed by atoms with van der Waals surface area (Å²) in [6, 6.07) is 0. The minimum Gasteiger partial charge on any atom is -0.338 e. The van der Waals surface area contributed by atoms with Crippen molar-refractivity contribution in [3.8, 4) is 0 Å². The van der Waals surface area contributed by atoms with Crippen molar-refractivity contribution in [2.45, 2.75) is 201 Å². The number of carbonyl (C=O) groups is 1. The van der Waals surface area contributed by atoms with Crippen LogP contribution in [0.4, 0.5) is 0 Å². The summed E-state index contributed by atoms with van der Waals surface area (Å²) in [7, 11) is 0. The fourth-order valence-corrected chi connectivity index (χ4v) is 5.49. The normalized spacial score (nSPS) is 11.8. The van der Waals surface area contributed by atoms with E-state index >= 15 is 0 Å². The molecule has 0 bridgehead atoms. The summed E-state index contributed by atoms with van der Waals surface area (Å²) >= 11 is 0. The lowest BCUT2D eigenvalue weighted by Gasteiger charge is -2.36. The molecule has 0 aliphatic heterocycles. The third kappa shape index (κ3) is 25.7. The smallest absolute Gasteiger partial charge is 0.224 e. The van der Waals surface area contributed by atoms with Crippen molar-refractivity contribution in [3.63, 3.8) is 0 Å². The first-order chi connectivity index (χ1) is 18.4. The van der Waals surface area contributed by atoms with Crippen LogP contribution in [0.1, 0.15) is 195 Å². The molecule has 0 aliphatic rings. The second kappa shape index (κ2) is 28.0. The lowest BCUT2D eigenvalue weighted by molar-refractivity contribution is -0.135. The van der Waals surface area contributed by atoms with Crippen LogP contribution in [-0.4, -0.2) is 36.0 Å². The number of unbranched alkanes of at least 4 members (excludes halogenated alkanes) is 22. The van der Waals surface area contributed by atoms with Gasteiger partial charge in [0.2, 0.25) is 5.91 Å². The third-order valence-corrected chi connectivity index (χ3v) is 8.07. The summed E-state index contributed by atoms with van der Waals surface area (Å²) < 4.78 is 0. The second-order valence-corrected chi connectivity index (χ2v) is 13.0. The number of nitrogens with one attached hydrogen (secondary N) is 1. The molecule has 0 fully saturated rings. The molecule has 0 saturated carbocycles. The molecule has 3 nitrogen and oxygen atoms in total. The zero-order chi connectivity index (χ0) is 28.2. The lowest BCUT2D eigenvalue weighted by atomic mass is 10.0. The Balaban J connectivity index is 3.67. The van der Waals surface area contributed by atoms with Crippen LogP contribution in [0, 0.1) is 0 Å². The standard InChI is InChI=1S/C35H72N2O/c1-6-8-10-12-14-16-18-20-22-24-26-28-31-36-32-30-34(38)37(35(3,4)5)33-29-27-25-23-21-19-17-15-13-11-9-7-2/h36H,6-33H2,1-5H3. The maximum Gasteiger partial charge on any atom is 0.224 e. The van der Waals surface area contributed by atoms with E-state index in [-0.39, 0.29) is 5.54 Å². The summed E-state index contributed by atoms with van der Waals surface area (Å²) in [6.45, 7) is 13.9. The minimum atomic E-state index is -0.0790. The van der Waals surface area contributed by atoms with Crippen molar-refractivity contribution in [1.29, 1.82) is 0 Å². The van der Waals surface area contributed by atoms with Gasteiger partial charge in [0.25, 0.3) is 0 Å². The Morgan fingerprint density at radius 1 is 0.500 bits per heavy atom. The minimum absolute atomic E-state index is 0.0790. The predicted octanol–water partition coefficient (Wildman–Crippen LogP) is 11.0. The van der Waals surface area contributed by atoms with Crippen LogP contribution in [0.5, 0.6) is 0 Å². The van der Waals surface area contributed by atoms with E-state index in [1.165, 1.54) is 148 Å². The van der Waals surface area contributed by atoms with Crippen molar-refractivity contribution in [3.05, 3.63) is 0 Å². The Morgan fingerprint density at radius 2 is 0.842 bits per heavy atom. The van der Waals surface area contributed by atoms with E-state index in [9.17, 15) is 4.79 Å². The SMILES string of the molecule is CCCCCCCCCCCCCCNCCC(=O)N(CCCCCCCCCCCCCC)C(C)(C)C. The van der Waals surface area contributed by atoms with E-state index < -0.39 is 0 Å². The highest BCUT2D eigenvalue weighted by Crippen LogP contribution is 2.18. The van der Waals surface area contributed by atoms with Crippen LogP contribution in [0.3, 0.4) is 0 Å². The van der Waals surface area contributed by atoms with Crippen molar-refractivity contribution in [1.82, 2.24) is 10.2 Å². The van der Waals surface area contributed by atoms with Gasteiger partial charge in [-0.25, -0.2) is 0 Å². The molecule has 0 spiro atoms. The Morgan fingerprint density at radius 3 is 1.21 bits per heavy atom. The first-order valence-electron chi connectivity index (χ1n) is 17.4. The molecule has 228 valence electrons. The largest absolute Gasteiger partial charge is 0.338 e. The molecular weight excluding hydrogens is 464 g/mol. The maximum absolute atomic E-state index is 12.9. The molecule has 0 aromatic heterocycles. The van der Waals surface area contributed by atoms with Gasteiger partial charge in [-0.05, 0) is 40.2 Å². The molecule has 1 N–H and O–H groups in total. The number of hydrogen-bond acceptors (Lipinski definition) is 2. The maximum atomic E-state index is 12.9. The van der Waals surface area contributed by atoms with Crippen LogP contribution >= 0.6 is 0 Å². The van der Waals surface area contributed by atoms with Crippen LogP contribution in [0.25, 0.3) is 0 Å². The van der Waals surface area contributed by atoms with Crippen molar-refractivity contribution in [2.24, 2.45) is 0 Å². The first-order valence-corrected chi connectivity index (χ1v) is 17.4. The Bertz CT molecular complexity index is 485. The average Bonchev–Trinajstić information content (AvgIpc) is 2.88. The van der Waals surface area contributed by atoms with Crippen LogP contribution in [0.15, 0.2) is 0 Å². The van der Waals surface area contributed by atoms with Gasteiger partial charge in [-0.1, -0.05) is 155 Å². The lowest BCUT2D eigenvalue weighted by Crippen LogP contribution is -2.46. The van der Waals surface area contributed by atoms with E-state index in [0.29, 0.717) is 12.3 Å². The molecule has 38 heavy (non-hydrogen) atoms. The number of rotatable bonds is 29. The molecule has 0 rings (SSSR count). The molecular formula is C35H72N2O. The molecule has 1 amide bonds. The Labute approximate surface area is 241 Å². The van der Waals surface area contributed by atoms with Crippen LogP contribution in [-0.2, 0) is 4.79 Å². The van der Waals surface area contributed by atoms with Crippen molar-refractivity contribution >= 4 is 5.91 Å². The monoisotopic (exact) mass is 537 g/mol. The number of nitrogens with zero attached hydrogens (tertiary/aromatic N) is 1. The average molecular weight is 537 g/mol. The molecule has 3 heteroatoms. The molecule has 0 aliphatic carbocycles. The van der Waals surface area contributed by atoms with Gasteiger partial charge in [0.1, 0.15) is 0 Å². The van der Waals surface area contributed by atoms with Crippen molar-refractivity contribution in [2.75, 3.05) is 19.6 Å². The Hall–Kier alpha value is -0.570. The molecule has 0 aromatic carbocycles. The molecule has 0 unspecified atom stereocenters. The summed E-state index contributed by atoms with van der Waals surface area (Å²) in [5.41, 5.74) is -0.0790. The van der Waals surface area contributed by atoms with Gasteiger partial charge in [-0.15, -0.1) is 0 Å². The van der Waals surface area contributed by atoms with E-state index in [1.807, 2.05) is 0 Å². The predicted molar refractivity (Wildman–Crippen MR) is 171 cm³/mol. The summed E-state index contributed by atoms with van der Waals surface area (Å²) in [6.07, 6.45) is 33.6. The third-order valence-electron chi connectivity index (χ3n) is 8.07. The zero-order valence-electron chi connectivity index (χ0n) is 27.2. The highest BCUT2D eigenvalue weighted by atomic mass is 16.2. The Kier molecular flexibility index (Phi) is 27.6. The number of hydrogen-bond donors (Lipinski definition) is 1. The zero-order valence-corrected chi connectivity index (χ0v) is 27.2. The van der Waals surface area contributed by atoms with E-state index in [0.717, 1.165) is 26.1 Å².